The van der Waals surface area contributed by atoms with E-state index in [1.807, 2.05) is 24.3 Å². The molecule has 2 amide bonds. The predicted molar refractivity (Wildman–Crippen MR) is 137 cm³/mol. The van der Waals surface area contributed by atoms with E-state index in [0.717, 1.165) is 75.1 Å². The highest BCUT2D eigenvalue weighted by molar-refractivity contribution is 6.01. The van der Waals surface area contributed by atoms with Crippen molar-refractivity contribution < 1.29 is 18.8 Å². The Balaban J connectivity index is 1.27. The molecule has 4 rings (SSSR count). The molecule has 1 N–H and O–H groups in total. The van der Waals surface area contributed by atoms with Gasteiger partial charge >= 0.3 is 0 Å². The Morgan fingerprint density at radius 1 is 1.08 bits per heavy atom. The number of carbonyl (C=O) groups excluding carboxylic acids is 3. The molecule has 2 aliphatic rings. The molecule has 2 aromatic carbocycles. The maximum absolute atomic E-state index is 13.2. The Morgan fingerprint density at radius 3 is 2.53 bits per heavy atom. The van der Waals surface area contributed by atoms with E-state index in [0.29, 0.717) is 18.5 Å². The quantitative estimate of drug-likeness (QED) is 0.384. The van der Waals surface area contributed by atoms with E-state index in [-0.39, 0.29) is 24.1 Å². The first-order chi connectivity index (χ1) is 17.5. The number of hydrogen-bond donors (Lipinski definition) is 1. The van der Waals surface area contributed by atoms with Gasteiger partial charge in [0.25, 0.3) is 5.91 Å². The largest absolute Gasteiger partial charge is 0.369 e. The summed E-state index contributed by atoms with van der Waals surface area (Å²) < 4.78 is 13.2. The van der Waals surface area contributed by atoms with Crippen molar-refractivity contribution in [1.29, 1.82) is 0 Å². The van der Waals surface area contributed by atoms with E-state index in [4.69, 9.17) is 0 Å². The lowest BCUT2D eigenvalue weighted by Crippen LogP contribution is -2.46. The van der Waals surface area contributed by atoms with Gasteiger partial charge in [0.1, 0.15) is 18.1 Å². The number of piperazine rings is 1. The number of unbranched alkanes of at least 4 members (excludes halogenated alkanes) is 1. The highest BCUT2D eigenvalue weighted by atomic mass is 19.1. The number of aldehydes is 1. The summed E-state index contributed by atoms with van der Waals surface area (Å²) in [5, 5.41) is 2.63. The fourth-order valence-corrected chi connectivity index (χ4v) is 5.26. The molecule has 0 aliphatic carbocycles. The smallest absolute Gasteiger partial charge is 0.255 e. The maximum Gasteiger partial charge on any atom is 0.255 e. The number of rotatable bonds is 11. The fraction of sp³-hybridized carbons (Fsp3) is 0.464. The molecule has 0 aromatic heterocycles. The topological polar surface area (TPSA) is 73.0 Å². The third-order valence-electron chi connectivity index (χ3n) is 7.31. The lowest BCUT2D eigenvalue weighted by molar-refractivity contribution is -0.125. The number of amides is 2. The van der Waals surface area contributed by atoms with Gasteiger partial charge in [-0.25, -0.2) is 4.39 Å². The first-order valence-electron chi connectivity index (χ1n) is 12.8. The summed E-state index contributed by atoms with van der Waals surface area (Å²) in [6, 6.07) is 11.9. The van der Waals surface area contributed by atoms with Gasteiger partial charge in [-0.15, -0.1) is 0 Å². The Morgan fingerprint density at radius 2 is 1.83 bits per heavy atom. The summed E-state index contributed by atoms with van der Waals surface area (Å²) in [5.74, 6) is -0.577. The van der Waals surface area contributed by atoms with Gasteiger partial charge in [0, 0.05) is 57.4 Å². The molecule has 7 nitrogen and oxygen atoms in total. The van der Waals surface area contributed by atoms with Gasteiger partial charge in [-0.05, 0) is 73.7 Å². The normalized spacial score (nSPS) is 16.7. The molecule has 0 spiro atoms. The van der Waals surface area contributed by atoms with Crippen LogP contribution in [0.15, 0.2) is 42.5 Å². The minimum Gasteiger partial charge on any atom is -0.369 e. The van der Waals surface area contributed by atoms with Crippen molar-refractivity contribution in [3.8, 4) is 0 Å². The van der Waals surface area contributed by atoms with Gasteiger partial charge in [0.05, 0.1) is 0 Å². The Hall–Kier alpha value is -3.26. The van der Waals surface area contributed by atoms with Crippen LogP contribution in [0.1, 0.15) is 47.2 Å². The molecule has 36 heavy (non-hydrogen) atoms. The second kappa shape index (κ2) is 12.1. The average Bonchev–Trinajstić information content (AvgIpc) is 3.24. The van der Waals surface area contributed by atoms with Gasteiger partial charge in [-0.3, -0.25) is 14.5 Å². The van der Waals surface area contributed by atoms with Crippen molar-refractivity contribution in [1.82, 2.24) is 15.1 Å². The summed E-state index contributed by atoms with van der Waals surface area (Å²) in [6.45, 7) is 5.29. The van der Waals surface area contributed by atoms with E-state index in [9.17, 15) is 18.8 Å². The fourth-order valence-electron chi connectivity index (χ4n) is 5.26. The highest BCUT2D eigenvalue weighted by Gasteiger charge is 2.36. The third-order valence-corrected chi connectivity index (χ3v) is 7.31. The molecule has 2 aliphatic heterocycles. The number of nitrogens with zero attached hydrogens (tertiary/aromatic N) is 3. The molecular formula is C28H35FN4O3. The van der Waals surface area contributed by atoms with Crippen LogP contribution in [-0.4, -0.2) is 73.7 Å². The van der Waals surface area contributed by atoms with Crippen LogP contribution in [-0.2, 0) is 22.6 Å². The number of nitrogens with one attached hydrogen (secondary N) is 1. The summed E-state index contributed by atoms with van der Waals surface area (Å²) in [4.78, 5) is 42.8. The van der Waals surface area contributed by atoms with Gasteiger partial charge in [-0.2, -0.15) is 0 Å². The molecule has 1 saturated heterocycles. The first kappa shape index (κ1) is 25.8. The standard InChI is InChI=1S/C28H35FN4O3/c1-30-27(35)26(9-5-19-34)33-20-25-21(7-4-8-24(25)28(33)36)6-2-3-14-31-15-17-32(18-16-31)23-12-10-22(29)11-13-23/h4,7-8,10-13,19,26H,2-3,5-6,9,14-18,20H2,1H3,(H,30,35). The van der Waals surface area contributed by atoms with Gasteiger partial charge in [0.2, 0.25) is 5.91 Å². The molecule has 1 fully saturated rings. The number of aryl methyl sites for hydroxylation is 1. The van der Waals surface area contributed by atoms with Crippen molar-refractivity contribution in [2.75, 3.05) is 44.7 Å². The molecule has 1 atom stereocenters. The molecule has 0 saturated carbocycles. The Bertz CT molecular complexity index is 1070. The second-order valence-corrected chi connectivity index (χ2v) is 9.51. The van der Waals surface area contributed by atoms with E-state index in [1.54, 1.807) is 11.9 Å². The Kier molecular flexibility index (Phi) is 8.70. The number of benzene rings is 2. The molecule has 8 heteroatoms. The average molecular weight is 495 g/mol. The number of halogens is 1. The van der Waals surface area contributed by atoms with Crippen molar-refractivity contribution in [2.24, 2.45) is 0 Å². The van der Waals surface area contributed by atoms with Crippen LogP contribution in [0.3, 0.4) is 0 Å². The third kappa shape index (κ3) is 5.93. The summed E-state index contributed by atoms with van der Waals surface area (Å²) >= 11 is 0. The van der Waals surface area contributed by atoms with Crippen molar-refractivity contribution in [3.63, 3.8) is 0 Å². The Labute approximate surface area is 212 Å². The van der Waals surface area contributed by atoms with Crippen LogP contribution in [0.5, 0.6) is 0 Å². The van der Waals surface area contributed by atoms with Gasteiger partial charge in [0.15, 0.2) is 0 Å². The number of fused-ring (bicyclic) bond motifs is 1. The van der Waals surface area contributed by atoms with Crippen LogP contribution in [0, 0.1) is 5.82 Å². The summed E-state index contributed by atoms with van der Waals surface area (Å²) in [7, 11) is 1.55. The lowest BCUT2D eigenvalue weighted by atomic mass is 9.98. The van der Waals surface area contributed by atoms with Crippen LogP contribution < -0.4 is 10.2 Å². The summed E-state index contributed by atoms with van der Waals surface area (Å²) in [6.07, 6.45) is 4.33. The van der Waals surface area contributed by atoms with Gasteiger partial charge < -0.3 is 19.9 Å². The number of anilines is 1. The minimum absolute atomic E-state index is 0.134. The zero-order valence-electron chi connectivity index (χ0n) is 20.9. The van der Waals surface area contributed by atoms with Crippen LogP contribution in [0.4, 0.5) is 10.1 Å². The maximum atomic E-state index is 13.2. The van der Waals surface area contributed by atoms with Gasteiger partial charge in [-0.1, -0.05) is 12.1 Å². The van der Waals surface area contributed by atoms with Crippen LogP contribution in [0.2, 0.25) is 0 Å². The predicted octanol–water partition coefficient (Wildman–Crippen LogP) is 3.02. The summed E-state index contributed by atoms with van der Waals surface area (Å²) in [5.41, 5.74) is 3.91. The van der Waals surface area contributed by atoms with E-state index in [2.05, 4.69) is 21.2 Å². The number of carbonyl (C=O) groups is 3. The highest BCUT2D eigenvalue weighted by Crippen LogP contribution is 2.30. The van der Waals surface area contributed by atoms with E-state index < -0.39 is 6.04 Å². The SMILES string of the molecule is CNC(=O)C(CCC=O)N1Cc2c(CCCCN3CCN(c4ccc(F)cc4)CC3)cccc2C1=O. The molecule has 192 valence electrons. The monoisotopic (exact) mass is 494 g/mol. The first-order valence-corrected chi connectivity index (χ1v) is 12.8. The number of hydrogen-bond acceptors (Lipinski definition) is 5. The van der Waals surface area contributed by atoms with Crippen molar-refractivity contribution in [2.45, 2.75) is 44.7 Å². The minimum atomic E-state index is -0.637. The second-order valence-electron chi connectivity index (χ2n) is 9.51. The molecule has 0 bridgehead atoms. The molecule has 0 radical (unpaired) electrons. The van der Waals surface area contributed by atoms with Crippen molar-refractivity contribution >= 4 is 23.8 Å². The molecule has 2 aromatic rings. The number of likely N-dealkylation sites (N-methyl/N-ethyl adjacent to an activating group) is 1. The molecule has 2 heterocycles. The van der Waals surface area contributed by atoms with Crippen LogP contribution >= 0.6 is 0 Å². The van der Waals surface area contributed by atoms with Crippen LogP contribution in [0.25, 0.3) is 0 Å². The lowest BCUT2D eigenvalue weighted by Gasteiger charge is -2.36. The van der Waals surface area contributed by atoms with E-state index in [1.165, 1.54) is 12.1 Å². The zero-order valence-corrected chi connectivity index (χ0v) is 20.9. The zero-order chi connectivity index (χ0) is 25.5. The van der Waals surface area contributed by atoms with E-state index >= 15 is 0 Å². The van der Waals surface area contributed by atoms with Crippen molar-refractivity contribution in [3.05, 3.63) is 65.0 Å². The molecule has 1 unspecified atom stereocenters. The molecular weight excluding hydrogens is 459 g/mol.